The predicted octanol–water partition coefficient (Wildman–Crippen LogP) is 1.67. The number of carbonyl (C=O) groups is 1. The number of fused-ring (bicyclic) bond motifs is 2. The molecule has 28 heavy (non-hydrogen) atoms. The molecule has 1 aromatic heterocycles. The zero-order valence-electron chi connectivity index (χ0n) is 16.9. The molecule has 1 aliphatic carbocycles. The van der Waals surface area contributed by atoms with E-state index >= 15 is 0 Å². The Morgan fingerprint density at radius 3 is 2.71 bits per heavy atom. The maximum atomic E-state index is 13.0. The molecule has 7 nitrogen and oxygen atoms in total. The number of rotatable bonds is 6. The van der Waals surface area contributed by atoms with Gasteiger partial charge in [-0.1, -0.05) is 18.2 Å². The summed E-state index contributed by atoms with van der Waals surface area (Å²) >= 11 is 0. The molecule has 1 aromatic carbocycles. The van der Waals surface area contributed by atoms with Crippen LogP contribution < -0.4 is 5.32 Å². The first-order chi connectivity index (χ1) is 13.6. The summed E-state index contributed by atoms with van der Waals surface area (Å²) in [5, 5.41) is 8.58. The first kappa shape index (κ1) is 19.4. The average Bonchev–Trinajstić information content (AvgIpc) is 3.26. The second-order valence-electron chi connectivity index (χ2n) is 8.09. The number of likely N-dealkylation sites (tertiary alicyclic amines) is 1. The zero-order valence-corrected chi connectivity index (χ0v) is 16.9. The minimum atomic E-state index is -0.114. The van der Waals surface area contributed by atoms with Gasteiger partial charge in [0.15, 0.2) is 5.69 Å². The normalized spacial score (nSPS) is 27.8. The highest BCUT2D eigenvalue weighted by atomic mass is 16.5. The van der Waals surface area contributed by atoms with E-state index in [1.807, 2.05) is 31.3 Å². The van der Waals surface area contributed by atoms with Gasteiger partial charge < -0.3 is 19.7 Å². The van der Waals surface area contributed by atoms with Crippen molar-refractivity contribution in [1.82, 2.24) is 20.0 Å². The summed E-state index contributed by atoms with van der Waals surface area (Å²) in [6.45, 7) is 3.90. The Balaban J connectivity index is 1.47. The van der Waals surface area contributed by atoms with Crippen molar-refractivity contribution in [2.75, 3.05) is 40.5 Å². The lowest BCUT2D eigenvalue weighted by Crippen LogP contribution is -2.50. The van der Waals surface area contributed by atoms with Gasteiger partial charge in [0.25, 0.3) is 5.91 Å². The van der Waals surface area contributed by atoms with Gasteiger partial charge in [-0.3, -0.25) is 9.48 Å². The van der Waals surface area contributed by atoms with Crippen molar-refractivity contribution >= 4 is 16.8 Å². The van der Waals surface area contributed by atoms with Gasteiger partial charge in [0.1, 0.15) is 0 Å². The van der Waals surface area contributed by atoms with Gasteiger partial charge >= 0.3 is 0 Å². The van der Waals surface area contributed by atoms with Crippen LogP contribution in [0.4, 0.5) is 0 Å². The minimum absolute atomic E-state index is 0.0156. The number of benzene rings is 1. The molecule has 0 spiro atoms. The van der Waals surface area contributed by atoms with E-state index in [4.69, 9.17) is 9.47 Å². The molecule has 152 valence electrons. The number of amides is 1. The highest BCUT2D eigenvalue weighted by Gasteiger charge is 2.43. The maximum absolute atomic E-state index is 13.0. The number of methoxy groups -OCH3 is 2. The molecule has 1 aliphatic heterocycles. The number of aromatic nitrogens is 2. The lowest BCUT2D eigenvalue weighted by molar-refractivity contribution is 0.0124. The molecule has 2 heterocycles. The van der Waals surface area contributed by atoms with Crippen molar-refractivity contribution in [3.8, 4) is 0 Å². The van der Waals surface area contributed by atoms with Crippen LogP contribution in [0.3, 0.4) is 0 Å². The lowest BCUT2D eigenvalue weighted by atomic mass is 9.77. The third kappa shape index (κ3) is 3.66. The van der Waals surface area contributed by atoms with Crippen LogP contribution in [0.1, 0.15) is 23.3 Å². The van der Waals surface area contributed by atoms with Crippen LogP contribution >= 0.6 is 0 Å². The number of para-hydroxylation sites is 1. The molecule has 2 fully saturated rings. The van der Waals surface area contributed by atoms with Crippen molar-refractivity contribution < 1.29 is 14.3 Å². The number of ether oxygens (including phenoxy) is 2. The van der Waals surface area contributed by atoms with Crippen molar-refractivity contribution in [3.63, 3.8) is 0 Å². The molecule has 1 saturated carbocycles. The smallest absolute Gasteiger partial charge is 0.272 e. The van der Waals surface area contributed by atoms with Gasteiger partial charge in [-0.25, -0.2) is 0 Å². The van der Waals surface area contributed by atoms with Gasteiger partial charge in [0.2, 0.25) is 0 Å². The molecule has 0 bridgehead atoms. The largest absolute Gasteiger partial charge is 0.383 e. The highest BCUT2D eigenvalue weighted by Crippen LogP contribution is 2.37. The Bertz CT molecular complexity index is 836. The van der Waals surface area contributed by atoms with Crippen molar-refractivity contribution in [1.29, 1.82) is 0 Å². The van der Waals surface area contributed by atoms with E-state index in [-0.39, 0.29) is 18.1 Å². The fraction of sp³-hybridized carbons (Fsp3) is 0.619. The average molecular weight is 386 g/mol. The number of aryl methyl sites for hydroxylation is 1. The molecular formula is C21H30N4O3. The van der Waals surface area contributed by atoms with E-state index in [0.717, 1.165) is 50.0 Å². The first-order valence-corrected chi connectivity index (χ1v) is 10.1. The second kappa shape index (κ2) is 8.19. The molecule has 0 unspecified atom stereocenters. The van der Waals surface area contributed by atoms with E-state index in [1.165, 1.54) is 0 Å². The minimum Gasteiger partial charge on any atom is -0.383 e. The summed E-state index contributed by atoms with van der Waals surface area (Å²) in [6, 6.07) is 7.85. The number of nitrogens with zero attached hydrogens (tertiary/aromatic N) is 3. The quantitative estimate of drug-likeness (QED) is 0.818. The topological polar surface area (TPSA) is 68.6 Å². The molecule has 1 N–H and O–H groups in total. The monoisotopic (exact) mass is 386 g/mol. The Hall–Kier alpha value is -1.96. The molecule has 4 atom stereocenters. The predicted molar refractivity (Wildman–Crippen MR) is 107 cm³/mol. The Labute approximate surface area is 166 Å². The molecule has 7 heteroatoms. The summed E-state index contributed by atoms with van der Waals surface area (Å²) < 4.78 is 12.8. The number of nitrogens with one attached hydrogen (secondary N) is 1. The van der Waals surface area contributed by atoms with Crippen LogP contribution in [0.25, 0.3) is 10.9 Å². The van der Waals surface area contributed by atoms with Gasteiger partial charge in [-0.05, 0) is 30.7 Å². The summed E-state index contributed by atoms with van der Waals surface area (Å²) in [6.07, 6.45) is 1.98. The van der Waals surface area contributed by atoms with Crippen LogP contribution in [0.5, 0.6) is 0 Å². The maximum Gasteiger partial charge on any atom is 0.272 e. The molecule has 4 rings (SSSR count). The Kier molecular flexibility index (Phi) is 5.66. The molecular weight excluding hydrogens is 356 g/mol. The third-order valence-electron chi connectivity index (χ3n) is 6.40. The van der Waals surface area contributed by atoms with Crippen LogP contribution in [0, 0.1) is 11.8 Å². The van der Waals surface area contributed by atoms with E-state index < -0.39 is 0 Å². The number of hydrogen-bond acceptors (Lipinski definition) is 5. The van der Waals surface area contributed by atoms with Crippen LogP contribution in [-0.4, -0.2) is 73.2 Å². The molecule has 1 saturated heterocycles. The van der Waals surface area contributed by atoms with Crippen LogP contribution in [0.15, 0.2) is 24.3 Å². The van der Waals surface area contributed by atoms with Gasteiger partial charge in [0.05, 0.1) is 24.3 Å². The van der Waals surface area contributed by atoms with Gasteiger partial charge in [-0.15, -0.1) is 0 Å². The summed E-state index contributed by atoms with van der Waals surface area (Å²) in [4.78, 5) is 15.5. The van der Waals surface area contributed by atoms with E-state index in [9.17, 15) is 4.79 Å². The highest BCUT2D eigenvalue weighted by molar-refractivity contribution is 6.04. The van der Waals surface area contributed by atoms with E-state index in [1.54, 1.807) is 18.9 Å². The Morgan fingerprint density at radius 2 is 1.96 bits per heavy atom. The van der Waals surface area contributed by atoms with Crippen molar-refractivity contribution in [2.45, 2.75) is 25.0 Å². The molecule has 1 amide bonds. The zero-order chi connectivity index (χ0) is 19.7. The molecule has 2 aromatic rings. The van der Waals surface area contributed by atoms with Crippen molar-refractivity contribution in [2.24, 2.45) is 18.9 Å². The standard InChI is InChI=1S/C21H30N4O3/c1-24-18-7-5-4-6-16(18)20(23-24)21(26)22-17-10-14-12-25(8-9-27-2)13-15(14)11-19(17)28-3/h4-7,14-15,17,19H,8-13H2,1-3H3,(H,22,26)/t14-,15+,17-,19-/m0/s1. The van der Waals surface area contributed by atoms with Crippen LogP contribution in [-0.2, 0) is 16.5 Å². The fourth-order valence-electron chi connectivity index (χ4n) is 4.94. The molecule has 0 radical (unpaired) electrons. The molecule has 2 aliphatic rings. The van der Waals surface area contributed by atoms with E-state index in [0.29, 0.717) is 17.5 Å². The van der Waals surface area contributed by atoms with Crippen molar-refractivity contribution in [3.05, 3.63) is 30.0 Å². The lowest BCUT2D eigenvalue weighted by Gasteiger charge is -2.37. The Morgan fingerprint density at radius 1 is 1.21 bits per heavy atom. The van der Waals surface area contributed by atoms with Gasteiger partial charge in [0, 0.05) is 46.3 Å². The fourth-order valence-corrected chi connectivity index (χ4v) is 4.94. The van der Waals surface area contributed by atoms with Crippen LogP contribution in [0.2, 0.25) is 0 Å². The summed E-state index contributed by atoms with van der Waals surface area (Å²) in [5.74, 6) is 1.11. The summed E-state index contributed by atoms with van der Waals surface area (Å²) in [5.41, 5.74) is 1.45. The third-order valence-corrected chi connectivity index (χ3v) is 6.40. The second-order valence-corrected chi connectivity index (χ2v) is 8.09. The number of carbonyl (C=O) groups excluding carboxylic acids is 1. The summed E-state index contributed by atoms with van der Waals surface area (Å²) in [7, 11) is 5.37. The van der Waals surface area contributed by atoms with Gasteiger partial charge in [-0.2, -0.15) is 5.10 Å². The SMILES string of the molecule is COCCN1C[C@H]2C[C@H](OC)[C@@H](NC(=O)c3nn(C)c4ccccc34)C[C@H]2C1. The first-order valence-electron chi connectivity index (χ1n) is 10.1. The van der Waals surface area contributed by atoms with E-state index in [2.05, 4.69) is 15.3 Å². The number of hydrogen-bond donors (Lipinski definition) is 1.